The predicted molar refractivity (Wildman–Crippen MR) is 104 cm³/mol. The van der Waals surface area contributed by atoms with E-state index < -0.39 is 0 Å². The molecule has 134 valence electrons. The molecule has 1 aromatic heterocycles. The molecule has 0 aliphatic rings. The van der Waals surface area contributed by atoms with Crippen LogP contribution in [0.25, 0.3) is 5.69 Å². The van der Waals surface area contributed by atoms with Crippen molar-refractivity contribution in [3.8, 4) is 11.4 Å². The number of imidazole rings is 1. The Bertz CT molecular complexity index is 898. The highest BCUT2D eigenvalue weighted by Crippen LogP contribution is 2.22. The summed E-state index contributed by atoms with van der Waals surface area (Å²) in [5, 5.41) is 4.30. The number of hydrogen-bond donors (Lipinski definition) is 1. The van der Waals surface area contributed by atoms with Crippen molar-refractivity contribution in [3.05, 3.63) is 71.5 Å². The highest BCUT2D eigenvalue weighted by molar-refractivity contribution is 7.99. The molecule has 0 aliphatic carbocycles. The molecule has 0 bridgehead atoms. The van der Waals surface area contributed by atoms with Crippen LogP contribution in [0.5, 0.6) is 5.75 Å². The number of rotatable bonds is 7. The fourth-order valence-electron chi connectivity index (χ4n) is 2.38. The number of ether oxygens (including phenoxy) is 1. The summed E-state index contributed by atoms with van der Waals surface area (Å²) < 4.78 is 7.09. The average Bonchev–Trinajstić information content (AvgIpc) is 3.13. The first-order chi connectivity index (χ1) is 12.7. The Labute approximate surface area is 161 Å². The van der Waals surface area contributed by atoms with Gasteiger partial charge in [-0.25, -0.2) is 4.98 Å². The number of hydrogen-bond acceptors (Lipinski definition) is 4. The van der Waals surface area contributed by atoms with Crippen LogP contribution in [0.3, 0.4) is 0 Å². The molecule has 26 heavy (non-hydrogen) atoms. The van der Waals surface area contributed by atoms with E-state index >= 15 is 0 Å². The van der Waals surface area contributed by atoms with Crippen LogP contribution < -0.4 is 10.1 Å². The number of aromatic nitrogens is 2. The summed E-state index contributed by atoms with van der Waals surface area (Å²) in [5.74, 6) is 0.995. The summed E-state index contributed by atoms with van der Waals surface area (Å²) >= 11 is 7.43. The molecule has 3 aromatic rings. The molecule has 0 atom stereocenters. The lowest BCUT2D eigenvalue weighted by atomic mass is 10.2. The third-order valence-electron chi connectivity index (χ3n) is 3.65. The van der Waals surface area contributed by atoms with Crippen LogP contribution >= 0.6 is 23.4 Å². The van der Waals surface area contributed by atoms with Crippen LogP contribution in [0.15, 0.2) is 66.1 Å². The van der Waals surface area contributed by atoms with Gasteiger partial charge in [0.2, 0.25) is 5.91 Å². The zero-order valence-electron chi connectivity index (χ0n) is 14.2. The van der Waals surface area contributed by atoms with Crippen LogP contribution in [0, 0.1) is 0 Å². The number of thioether (sulfide) groups is 1. The quantitative estimate of drug-likeness (QED) is 0.624. The average molecular weight is 388 g/mol. The van der Waals surface area contributed by atoms with Crippen LogP contribution in [0.2, 0.25) is 5.02 Å². The molecule has 1 N–H and O–H groups in total. The first-order valence-corrected chi connectivity index (χ1v) is 9.34. The van der Waals surface area contributed by atoms with Crippen LogP contribution in [-0.2, 0) is 11.3 Å². The molecule has 0 fully saturated rings. The van der Waals surface area contributed by atoms with E-state index in [1.54, 1.807) is 13.3 Å². The van der Waals surface area contributed by atoms with Gasteiger partial charge in [-0.05, 0) is 35.9 Å². The molecule has 7 heteroatoms. The highest BCUT2D eigenvalue weighted by atomic mass is 35.5. The molecular formula is C19H18ClN3O2S. The smallest absolute Gasteiger partial charge is 0.230 e. The molecule has 5 nitrogen and oxygen atoms in total. The third kappa shape index (κ3) is 4.80. The van der Waals surface area contributed by atoms with Gasteiger partial charge in [-0.15, -0.1) is 0 Å². The van der Waals surface area contributed by atoms with E-state index in [0.717, 1.165) is 22.2 Å². The second-order valence-corrected chi connectivity index (χ2v) is 6.86. The summed E-state index contributed by atoms with van der Waals surface area (Å²) in [6.45, 7) is 0.458. The molecule has 0 aliphatic heterocycles. The van der Waals surface area contributed by atoms with Gasteiger partial charge in [0.25, 0.3) is 0 Å². The van der Waals surface area contributed by atoms with Gasteiger partial charge in [0, 0.05) is 29.6 Å². The second kappa shape index (κ2) is 8.78. The van der Waals surface area contributed by atoms with Gasteiger partial charge in [0.15, 0.2) is 5.16 Å². The molecule has 0 radical (unpaired) electrons. The Morgan fingerprint density at radius 3 is 2.92 bits per heavy atom. The van der Waals surface area contributed by atoms with Crippen molar-refractivity contribution in [2.45, 2.75) is 11.7 Å². The van der Waals surface area contributed by atoms with Crippen molar-refractivity contribution in [2.75, 3.05) is 12.9 Å². The normalized spacial score (nSPS) is 10.5. The zero-order chi connectivity index (χ0) is 18.4. The van der Waals surface area contributed by atoms with Crippen molar-refractivity contribution in [2.24, 2.45) is 0 Å². The number of methoxy groups -OCH3 is 1. The van der Waals surface area contributed by atoms with E-state index in [-0.39, 0.29) is 11.7 Å². The van der Waals surface area contributed by atoms with Gasteiger partial charge in [0.05, 0.1) is 12.9 Å². The lowest BCUT2D eigenvalue weighted by molar-refractivity contribution is -0.118. The lowest BCUT2D eigenvalue weighted by Gasteiger charge is -2.09. The van der Waals surface area contributed by atoms with Crippen molar-refractivity contribution in [3.63, 3.8) is 0 Å². The van der Waals surface area contributed by atoms with Gasteiger partial charge in [-0.2, -0.15) is 0 Å². The molecule has 2 aromatic carbocycles. The molecule has 0 spiro atoms. The fourth-order valence-corrected chi connectivity index (χ4v) is 3.37. The van der Waals surface area contributed by atoms with Gasteiger partial charge in [0.1, 0.15) is 5.75 Å². The Kier molecular flexibility index (Phi) is 6.20. The minimum Gasteiger partial charge on any atom is -0.497 e. The first-order valence-electron chi connectivity index (χ1n) is 7.97. The Balaban J connectivity index is 1.56. The van der Waals surface area contributed by atoms with E-state index in [0.29, 0.717) is 11.6 Å². The Morgan fingerprint density at radius 1 is 1.27 bits per heavy atom. The molecule has 1 amide bonds. The van der Waals surface area contributed by atoms with E-state index in [4.69, 9.17) is 16.3 Å². The summed E-state index contributed by atoms with van der Waals surface area (Å²) in [5.41, 5.74) is 1.90. The van der Waals surface area contributed by atoms with E-state index in [9.17, 15) is 4.79 Å². The number of nitrogens with one attached hydrogen (secondary N) is 1. The molecule has 0 unspecified atom stereocenters. The first kappa shape index (κ1) is 18.4. The molecule has 0 saturated carbocycles. The van der Waals surface area contributed by atoms with Crippen molar-refractivity contribution < 1.29 is 9.53 Å². The maximum atomic E-state index is 12.1. The van der Waals surface area contributed by atoms with Gasteiger partial charge < -0.3 is 10.1 Å². The van der Waals surface area contributed by atoms with E-state index in [2.05, 4.69) is 10.3 Å². The number of carbonyl (C=O) groups is 1. The second-order valence-electron chi connectivity index (χ2n) is 5.48. The van der Waals surface area contributed by atoms with Gasteiger partial charge in [-0.3, -0.25) is 9.36 Å². The molecular weight excluding hydrogens is 370 g/mol. The van der Waals surface area contributed by atoms with E-state index in [1.807, 2.05) is 59.3 Å². The summed E-state index contributed by atoms with van der Waals surface area (Å²) in [4.78, 5) is 16.5. The monoisotopic (exact) mass is 387 g/mol. The molecule has 1 heterocycles. The van der Waals surface area contributed by atoms with Crippen molar-refractivity contribution in [1.29, 1.82) is 0 Å². The SMILES string of the molecule is COc1cccc(CNC(=O)CSc2nccn2-c2cccc(Cl)c2)c1. The van der Waals surface area contributed by atoms with Crippen molar-refractivity contribution >= 4 is 29.3 Å². The number of halogens is 1. The Hall–Kier alpha value is -2.44. The number of carbonyl (C=O) groups excluding carboxylic acids is 1. The number of benzene rings is 2. The predicted octanol–water partition coefficient (Wildman–Crippen LogP) is 3.94. The number of amides is 1. The fraction of sp³-hybridized carbons (Fsp3) is 0.158. The van der Waals surface area contributed by atoms with Crippen molar-refractivity contribution in [1.82, 2.24) is 14.9 Å². The third-order valence-corrected chi connectivity index (χ3v) is 4.85. The number of nitrogens with zero attached hydrogens (tertiary/aromatic N) is 2. The maximum absolute atomic E-state index is 12.1. The van der Waals surface area contributed by atoms with Crippen LogP contribution in [0.1, 0.15) is 5.56 Å². The zero-order valence-corrected chi connectivity index (χ0v) is 15.8. The lowest BCUT2D eigenvalue weighted by Crippen LogP contribution is -2.24. The molecule has 0 saturated heterocycles. The summed E-state index contributed by atoms with van der Waals surface area (Å²) in [6.07, 6.45) is 3.56. The van der Waals surface area contributed by atoms with Gasteiger partial charge in [-0.1, -0.05) is 41.6 Å². The maximum Gasteiger partial charge on any atom is 0.230 e. The molecule has 3 rings (SSSR count). The Morgan fingerprint density at radius 2 is 2.12 bits per heavy atom. The highest BCUT2D eigenvalue weighted by Gasteiger charge is 2.09. The van der Waals surface area contributed by atoms with E-state index in [1.165, 1.54) is 11.8 Å². The van der Waals surface area contributed by atoms with Crippen LogP contribution in [0.4, 0.5) is 0 Å². The minimum atomic E-state index is -0.0570. The topological polar surface area (TPSA) is 56.1 Å². The summed E-state index contributed by atoms with van der Waals surface area (Å²) in [7, 11) is 1.62. The standard InChI is InChI=1S/C19H18ClN3O2S/c1-25-17-7-2-4-14(10-17)12-22-18(24)13-26-19-21-8-9-23(19)16-6-3-5-15(20)11-16/h2-11H,12-13H2,1H3,(H,22,24). The van der Waals surface area contributed by atoms with Gasteiger partial charge >= 0.3 is 0 Å². The largest absolute Gasteiger partial charge is 0.497 e. The minimum absolute atomic E-state index is 0.0570. The van der Waals surface area contributed by atoms with Crippen LogP contribution in [-0.4, -0.2) is 28.3 Å². The summed E-state index contributed by atoms with van der Waals surface area (Å²) in [6, 6.07) is 15.1.